The van der Waals surface area contributed by atoms with Crippen LogP contribution in [-0.4, -0.2) is 88.8 Å². The Morgan fingerprint density at radius 3 is 2.59 bits per heavy atom. The maximum absolute atomic E-state index is 13.0. The van der Waals surface area contributed by atoms with Crippen molar-refractivity contribution in [1.82, 2.24) is 34.8 Å². The first-order chi connectivity index (χ1) is 15.7. The second-order valence-corrected chi connectivity index (χ2v) is 9.63. The highest BCUT2D eigenvalue weighted by Gasteiger charge is 2.54. The predicted molar refractivity (Wildman–Crippen MR) is 113 cm³/mol. The molecule has 19 heteroatoms. The number of thiazole rings is 1. The largest absolute Gasteiger partial charge is 0.478 e. The zero-order valence-electron chi connectivity index (χ0n) is 17.8. The summed E-state index contributed by atoms with van der Waals surface area (Å²) in [5, 5.41) is 27.2. The van der Waals surface area contributed by atoms with Crippen LogP contribution in [0.1, 0.15) is 25.4 Å². The molecule has 0 saturated carbocycles. The molecule has 34 heavy (non-hydrogen) atoms. The third kappa shape index (κ3) is 4.94. The topological polar surface area (TPSA) is 245 Å². The van der Waals surface area contributed by atoms with Gasteiger partial charge in [-0.15, -0.1) is 16.4 Å². The lowest BCUT2D eigenvalue weighted by Gasteiger charge is -2.43. The number of hydrogen-bond acceptors (Lipinski definition) is 13. The number of nitrogens with two attached hydrogens (primary N) is 1. The van der Waals surface area contributed by atoms with Crippen molar-refractivity contribution in [3.63, 3.8) is 0 Å². The lowest BCUT2D eigenvalue weighted by molar-refractivity contribution is -0.161. The summed E-state index contributed by atoms with van der Waals surface area (Å²) in [7, 11) is -4.95. The second-order valence-electron chi connectivity index (χ2n) is 7.46. The Kier molecular flexibility index (Phi) is 6.53. The van der Waals surface area contributed by atoms with Crippen LogP contribution in [-0.2, 0) is 36.1 Å². The molecule has 184 valence electrons. The van der Waals surface area contributed by atoms with Crippen LogP contribution in [0, 0.1) is 6.92 Å². The fourth-order valence-corrected chi connectivity index (χ4v) is 4.16. The SMILES string of the molecule is Cc1nnnn1CC1C(NC(=O)C(=NOC(C)(C)C(=O)O)c2csc(N)n2)C(=O)N1S(=O)(=O)O. The number of nitrogens with zero attached hydrogens (tertiary/aromatic N) is 7. The Labute approximate surface area is 195 Å². The Hall–Kier alpha value is -3.71. The summed E-state index contributed by atoms with van der Waals surface area (Å²) < 4.78 is 34.1. The maximum atomic E-state index is 13.0. The Morgan fingerprint density at radius 1 is 1.41 bits per heavy atom. The van der Waals surface area contributed by atoms with E-state index in [-0.39, 0.29) is 27.5 Å². The molecule has 2 aromatic heterocycles. The molecule has 2 unspecified atom stereocenters. The molecule has 0 bridgehead atoms. The average Bonchev–Trinajstić information content (AvgIpc) is 3.32. The van der Waals surface area contributed by atoms with Crippen LogP contribution in [0.2, 0.25) is 0 Å². The number of β-lactam (4-membered cyclic amide) rings is 1. The van der Waals surface area contributed by atoms with Crippen LogP contribution in [0.25, 0.3) is 0 Å². The van der Waals surface area contributed by atoms with E-state index in [0.717, 1.165) is 11.3 Å². The molecular weight excluding hydrogens is 498 g/mol. The van der Waals surface area contributed by atoms with Gasteiger partial charge in [-0.05, 0) is 31.2 Å². The summed E-state index contributed by atoms with van der Waals surface area (Å²) in [6, 6.07) is -2.72. The van der Waals surface area contributed by atoms with Crippen molar-refractivity contribution in [2.75, 3.05) is 5.73 Å². The number of tetrazole rings is 1. The minimum Gasteiger partial charge on any atom is -0.478 e. The molecule has 17 nitrogen and oxygen atoms in total. The molecule has 3 rings (SSSR count). The lowest BCUT2D eigenvalue weighted by atomic mass is 9.98. The fourth-order valence-electron chi connectivity index (χ4n) is 2.75. The third-order valence-electron chi connectivity index (χ3n) is 4.64. The Morgan fingerprint density at radius 2 is 2.09 bits per heavy atom. The van der Waals surface area contributed by atoms with E-state index in [9.17, 15) is 32.5 Å². The first-order valence-corrected chi connectivity index (χ1v) is 11.5. The number of carbonyl (C=O) groups is 3. The van der Waals surface area contributed by atoms with Crippen molar-refractivity contribution < 1.29 is 37.3 Å². The maximum Gasteiger partial charge on any atom is 0.362 e. The van der Waals surface area contributed by atoms with E-state index in [1.807, 2.05) is 0 Å². The number of anilines is 1. The number of amides is 2. The monoisotopic (exact) mass is 517 g/mol. The van der Waals surface area contributed by atoms with Gasteiger partial charge >= 0.3 is 16.3 Å². The van der Waals surface area contributed by atoms with Gasteiger partial charge in [-0.3, -0.25) is 14.1 Å². The highest BCUT2D eigenvalue weighted by atomic mass is 32.2. The zero-order valence-corrected chi connectivity index (χ0v) is 19.4. The molecular formula is C15H19N9O8S2. The van der Waals surface area contributed by atoms with Gasteiger partial charge in [0.1, 0.15) is 17.6 Å². The Balaban J connectivity index is 1.90. The summed E-state index contributed by atoms with van der Waals surface area (Å²) in [5.74, 6) is -3.26. The summed E-state index contributed by atoms with van der Waals surface area (Å²) in [6.45, 7) is 3.61. The molecule has 3 heterocycles. The van der Waals surface area contributed by atoms with Crippen LogP contribution < -0.4 is 11.1 Å². The number of carboxylic acid groups (broad SMARTS) is 1. The van der Waals surface area contributed by atoms with Gasteiger partial charge < -0.3 is 21.0 Å². The average molecular weight is 518 g/mol. The quantitative estimate of drug-likeness (QED) is 0.119. The molecule has 2 amide bonds. The molecule has 0 aromatic carbocycles. The first-order valence-electron chi connectivity index (χ1n) is 9.27. The molecule has 1 aliphatic rings. The fraction of sp³-hybridized carbons (Fsp3) is 0.467. The van der Waals surface area contributed by atoms with Crippen molar-refractivity contribution in [1.29, 1.82) is 0 Å². The predicted octanol–water partition coefficient (Wildman–Crippen LogP) is -2.20. The van der Waals surface area contributed by atoms with Crippen LogP contribution >= 0.6 is 11.3 Å². The molecule has 0 spiro atoms. The van der Waals surface area contributed by atoms with Crippen molar-refractivity contribution in [3.05, 3.63) is 16.9 Å². The molecule has 1 saturated heterocycles. The van der Waals surface area contributed by atoms with E-state index >= 15 is 0 Å². The van der Waals surface area contributed by atoms with E-state index < -0.39 is 51.5 Å². The van der Waals surface area contributed by atoms with Crippen LogP contribution in [0.4, 0.5) is 5.13 Å². The van der Waals surface area contributed by atoms with Gasteiger partial charge in [0.15, 0.2) is 10.8 Å². The number of aromatic nitrogens is 5. The highest BCUT2D eigenvalue weighted by Crippen LogP contribution is 2.25. The number of carbonyl (C=O) groups excluding carboxylic acids is 2. The van der Waals surface area contributed by atoms with Crippen molar-refractivity contribution in [3.8, 4) is 0 Å². The van der Waals surface area contributed by atoms with Gasteiger partial charge in [-0.1, -0.05) is 5.16 Å². The summed E-state index contributed by atoms with van der Waals surface area (Å²) in [4.78, 5) is 45.6. The van der Waals surface area contributed by atoms with Crippen LogP contribution in [0.5, 0.6) is 0 Å². The van der Waals surface area contributed by atoms with Gasteiger partial charge in [0, 0.05) is 5.38 Å². The minimum absolute atomic E-state index is 0.0669. The molecule has 0 radical (unpaired) electrons. The van der Waals surface area contributed by atoms with E-state index in [1.54, 1.807) is 0 Å². The molecule has 2 aromatic rings. The number of nitrogen functional groups attached to an aromatic ring is 1. The van der Waals surface area contributed by atoms with E-state index in [1.165, 1.54) is 30.8 Å². The summed E-state index contributed by atoms with van der Waals surface area (Å²) in [5.41, 5.74) is 3.18. The van der Waals surface area contributed by atoms with Gasteiger partial charge in [0.2, 0.25) is 5.60 Å². The van der Waals surface area contributed by atoms with Crippen molar-refractivity contribution in [2.24, 2.45) is 5.16 Å². The molecule has 5 N–H and O–H groups in total. The minimum atomic E-state index is -4.95. The van der Waals surface area contributed by atoms with Gasteiger partial charge in [-0.2, -0.15) is 8.42 Å². The molecule has 0 aliphatic carbocycles. The summed E-state index contributed by atoms with van der Waals surface area (Å²) >= 11 is 0.959. The van der Waals surface area contributed by atoms with Gasteiger partial charge in [0.25, 0.3) is 11.8 Å². The second kappa shape index (κ2) is 8.91. The lowest BCUT2D eigenvalue weighted by Crippen LogP contribution is -2.73. The number of carboxylic acids is 1. The number of oxime groups is 1. The van der Waals surface area contributed by atoms with Crippen molar-refractivity contribution in [2.45, 2.75) is 45.0 Å². The van der Waals surface area contributed by atoms with E-state index in [2.05, 4.69) is 31.0 Å². The van der Waals surface area contributed by atoms with Gasteiger partial charge in [-0.25, -0.2) is 18.8 Å². The highest BCUT2D eigenvalue weighted by molar-refractivity contribution is 7.84. The first kappa shape index (κ1) is 24.9. The Bertz CT molecular complexity index is 1270. The van der Waals surface area contributed by atoms with E-state index in [4.69, 9.17) is 10.6 Å². The summed E-state index contributed by atoms with van der Waals surface area (Å²) in [6.07, 6.45) is 0. The van der Waals surface area contributed by atoms with E-state index in [0.29, 0.717) is 0 Å². The normalized spacial score (nSPS) is 19.0. The molecule has 1 fully saturated rings. The third-order valence-corrected chi connectivity index (χ3v) is 6.26. The van der Waals surface area contributed by atoms with Crippen molar-refractivity contribution >= 4 is 50.3 Å². The van der Waals surface area contributed by atoms with Gasteiger partial charge in [0.05, 0.1) is 12.6 Å². The number of hydrogen-bond donors (Lipinski definition) is 4. The zero-order chi connectivity index (χ0) is 25.4. The standard InChI is InChI=1S/C15H19N9O8S2/c1-6-19-21-22-23(6)4-8-10(12(26)24(8)34(29,30)31)18-11(25)9(7-5-33-14(16)17-7)20-32-15(2,3)13(27)28/h5,8,10H,4H2,1-3H3,(H2,16,17)(H,18,25)(H,27,28)(H,29,30,31). The molecule has 1 aliphatic heterocycles. The number of nitrogens with one attached hydrogen (secondary N) is 1. The number of aryl methyl sites for hydroxylation is 1. The van der Waals surface area contributed by atoms with Crippen LogP contribution in [0.15, 0.2) is 10.5 Å². The molecule has 2 atom stereocenters. The number of rotatable bonds is 9. The smallest absolute Gasteiger partial charge is 0.362 e. The van der Waals surface area contributed by atoms with Crippen LogP contribution in [0.3, 0.4) is 0 Å². The number of aliphatic carboxylic acids is 1.